The van der Waals surface area contributed by atoms with Crippen molar-refractivity contribution in [1.82, 2.24) is 0 Å². The van der Waals surface area contributed by atoms with Gasteiger partial charge in [0, 0.05) is 22.3 Å². The number of anilines is 1. The zero-order valence-corrected chi connectivity index (χ0v) is 13.1. The standard InChI is InChI=1S/C18H14ClNO3/c1-22-15-7-3-6-14(11-15)20-18(21)17-9-8-16(23-17)12-4-2-5-13(19)10-12/h2-11H,1H3,(H,20,21). The molecule has 3 rings (SSSR count). The molecule has 0 unspecified atom stereocenters. The lowest BCUT2D eigenvalue weighted by Crippen LogP contribution is -2.10. The molecule has 4 nitrogen and oxygen atoms in total. The molecule has 0 aliphatic carbocycles. The predicted molar refractivity (Wildman–Crippen MR) is 90.1 cm³/mol. The summed E-state index contributed by atoms with van der Waals surface area (Å²) < 4.78 is 10.7. The maximum atomic E-state index is 12.3. The summed E-state index contributed by atoms with van der Waals surface area (Å²) >= 11 is 5.97. The minimum atomic E-state index is -0.327. The van der Waals surface area contributed by atoms with Gasteiger partial charge in [-0.05, 0) is 36.4 Å². The first-order chi connectivity index (χ1) is 11.2. The molecule has 0 bridgehead atoms. The summed E-state index contributed by atoms with van der Waals surface area (Å²) in [6.07, 6.45) is 0. The number of carbonyl (C=O) groups is 1. The fourth-order valence-corrected chi connectivity index (χ4v) is 2.34. The molecule has 0 saturated carbocycles. The van der Waals surface area contributed by atoms with E-state index in [1.165, 1.54) is 0 Å². The van der Waals surface area contributed by atoms with Crippen LogP contribution in [0.15, 0.2) is 65.1 Å². The Morgan fingerprint density at radius 1 is 1.09 bits per heavy atom. The highest BCUT2D eigenvalue weighted by atomic mass is 35.5. The Labute approximate surface area is 138 Å². The Bertz CT molecular complexity index is 842. The topological polar surface area (TPSA) is 51.5 Å². The Balaban J connectivity index is 1.78. The molecule has 0 fully saturated rings. The molecule has 3 aromatic rings. The van der Waals surface area contributed by atoms with Crippen LogP contribution in [-0.4, -0.2) is 13.0 Å². The summed E-state index contributed by atoms with van der Waals surface area (Å²) in [5.41, 5.74) is 1.45. The number of hydrogen-bond donors (Lipinski definition) is 1. The lowest BCUT2D eigenvalue weighted by Gasteiger charge is -2.05. The van der Waals surface area contributed by atoms with Crippen molar-refractivity contribution in [3.8, 4) is 17.1 Å². The van der Waals surface area contributed by atoms with Gasteiger partial charge in [0.25, 0.3) is 5.91 Å². The number of benzene rings is 2. The summed E-state index contributed by atoms with van der Waals surface area (Å²) in [6.45, 7) is 0. The van der Waals surface area contributed by atoms with Crippen LogP contribution >= 0.6 is 11.6 Å². The molecule has 1 amide bonds. The Morgan fingerprint density at radius 2 is 1.91 bits per heavy atom. The number of rotatable bonds is 4. The van der Waals surface area contributed by atoms with Gasteiger partial charge in [-0.25, -0.2) is 0 Å². The third-order valence-electron chi connectivity index (χ3n) is 3.27. The van der Waals surface area contributed by atoms with E-state index in [0.29, 0.717) is 22.2 Å². The second-order valence-electron chi connectivity index (χ2n) is 4.86. The molecule has 116 valence electrons. The van der Waals surface area contributed by atoms with Crippen molar-refractivity contribution >= 4 is 23.2 Å². The highest BCUT2D eigenvalue weighted by Crippen LogP contribution is 2.25. The Hall–Kier alpha value is -2.72. The zero-order valence-electron chi connectivity index (χ0n) is 12.4. The normalized spacial score (nSPS) is 10.3. The summed E-state index contributed by atoms with van der Waals surface area (Å²) in [7, 11) is 1.57. The van der Waals surface area contributed by atoms with Crippen LogP contribution in [0.3, 0.4) is 0 Å². The van der Waals surface area contributed by atoms with E-state index in [1.807, 2.05) is 12.1 Å². The van der Waals surface area contributed by atoms with Crippen molar-refractivity contribution in [3.05, 3.63) is 71.4 Å². The molecule has 0 radical (unpaired) electrons. The fourth-order valence-electron chi connectivity index (χ4n) is 2.15. The van der Waals surface area contributed by atoms with Gasteiger partial charge >= 0.3 is 0 Å². The SMILES string of the molecule is COc1cccc(NC(=O)c2ccc(-c3cccc(Cl)c3)o2)c1. The van der Waals surface area contributed by atoms with E-state index in [0.717, 1.165) is 5.56 Å². The predicted octanol–water partition coefficient (Wildman–Crippen LogP) is 4.86. The van der Waals surface area contributed by atoms with E-state index in [2.05, 4.69) is 5.32 Å². The third kappa shape index (κ3) is 3.55. The van der Waals surface area contributed by atoms with Gasteiger partial charge in [-0.3, -0.25) is 4.79 Å². The molecular formula is C18H14ClNO3. The highest BCUT2D eigenvalue weighted by molar-refractivity contribution is 6.30. The van der Waals surface area contributed by atoms with Gasteiger partial charge in [-0.2, -0.15) is 0 Å². The van der Waals surface area contributed by atoms with E-state index >= 15 is 0 Å². The fraction of sp³-hybridized carbons (Fsp3) is 0.0556. The average molecular weight is 328 g/mol. The van der Waals surface area contributed by atoms with E-state index in [4.69, 9.17) is 20.8 Å². The zero-order chi connectivity index (χ0) is 16.2. The number of carbonyl (C=O) groups excluding carboxylic acids is 1. The lowest BCUT2D eigenvalue weighted by molar-refractivity contribution is 0.0997. The van der Waals surface area contributed by atoms with Crippen molar-refractivity contribution in [3.63, 3.8) is 0 Å². The molecular weight excluding hydrogens is 314 g/mol. The smallest absolute Gasteiger partial charge is 0.291 e. The number of methoxy groups -OCH3 is 1. The van der Waals surface area contributed by atoms with E-state index in [-0.39, 0.29) is 11.7 Å². The number of amides is 1. The first kappa shape index (κ1) is 15.2. The maximum absolute atomic E-state index is 12.3. The first-order valence-corrected chi connectivity index (χ1v) is 7.35. The minimum absolute atomic E-state index is 0.225. The molecule has 0 saturated heterocycles. The number of nitrogens with one attached hydrogen (secondary N) is 1. The van der Waals surface area contributed by atoms with Gasteiger partial charge in [-0.1, -0.05) is 29.8 Å². The van der Waals surface area contributed by atoms with E-state index in [1.54, 1.807) is 55.6 Å². The van der Waals surface area contributed by atoms with Crippen LogP contribution in [0.1, 0.15) is 10.6 Å². The molecule has 0 atom stereocenters. The molecule has 0 spiro atoms. The van der Waals surface area contributed by atoms with Crippen molar-refractivity contribution in [2.75, 3.05) is 12.4 Å². The number of hydrogen-bond acceptors (Lipinski definition) is 3. The van der Waals surface area contributed by atoms with Gasteiger partial charge < -0.3 is 14.5 Å². The minimum Gasteiger partial charge on any atom is -0.497 e. The molecule has 5 heteroatoms. The van der Waals surface area contributed by atoms with Crippen LogP contribution in [0.2, 0.25) is 5.02 Å². The van der Waals surface area contributed by atoms with Crippen molar-refractivity contribution < 1.29 is 13.9 Å². The monoisotopic (exact) mass is 327 g/mol. The Kier molecular flexibility index (Phi) is 4.35. The van der Waals surface area contributed by atoms with Gasteiger partial charge in [0.15, 0.2) is 5.76 Å². The maximum Gasteiger partial charge on any atom is 0.291 e. The summed E-state index contributed by atoms with van der Waals surface area (Å²) in [6, 6.07) is 17.8. The largest absolute Gasteiger partial charge is 0.497 e. The number of halogens is 1. The molecule has 1 aromatic heterocycles. The van der Waals surface area contributed by atoms with Gasteiger partial charge in [0.2, 0.25) is 0 Å². The highest BCUT2D eigenvalue weighted by Gasteiger charge is 2.13. The number of furan rings is 1. The van der Waals surface area contributed by atoms with E-state index < -0.39 is 0 Å². The third-order valence-corrected chi connectivity index (χ3v) is 3.50. The van der Waals surface area contributed by atoms with Crippen molar-refractivity contribution in [2.24, 2.45) is 0 Å². The summed E-state index contributed by atoms with van der Waals surface area (Å²) in [5, 5.41) is 3.38. The molecule has 1 heterocycles. The number of ether oxygens (including phenoxy) is 1. The van der Waals surface area contributed by atoms with Crippen LogP contribution in [0.5, 0.6) is 5.75 Å². The van der Waals surface area contributed by atoms with Gasteiger partial charge in [0.05, 0.1) is 7.11 Å². The molecule has 23 heavy (non-hydrogen) atoms. The van der Waals surface area contributed by atoms with Crippen molar-refractivity contribution in [1.29, 1.82) is 0 Å². The second kappa shape index (κ2) is 6.58. The van der Waals surface area contributed by atoms with Gasteiger partial charge in [0.1, 0.15) is 11.5 Å². The second-order valence-corrected chi connectivity index (χ2v) is 5.30. The summed E-state index contributed by atoms with van der Waals surface area (Å²) in [4.78, 5) is 12.3. The average Bonchev–Trinajstić information content (AvgIpc) is 3.05. The van der Waals surface area contributed by atoms with E-state index in [9.17, 15) is 4.79 Å². The quantitative estimate of drug-likeness (QED) is 0.744. The van der Waals surface area contributed by atoms with Crippen LogP contribution < -0.4 is 10.1 Å². The van der Waals surface area contributed by atoms with Gasteiger partial charge in [-0.15, -0.1) is 0 Å². The molecule has 0 aliphatic rings. The lowest BCUT2D eigenvalue weighted by atomic mass is 10.2. The van der Waals surface area contributed by atoms with Crippen LogP contribution in [0.4, 0.5) is 5.69 Å². The molecule has 2 aromatic carbocycles. The molecule has 1 N–H and O–H groups in total. The Morgan fingerprint density at radius 3 is 2.70 bits per heavy atom. The molecule has 0 aliphatic heterocycles. The van der Waals surface area contributed by atoms with Crippen molar-refractivity contribution in [2.45, 2.75) is 0 Å². The van der Waals surface area contributed by atoms with Crippen LogP contribution in [0.25, 0.3) is 11.3 Å². The first-order valence-electron chi connectivity index (χ1n) is 6.97. The van der Waals surface area contributed by atoms with Crippen LogP contribution in [0, 0.1) is 0 Å². The summed E-state index contributed by atoms with van der Waals surface area (Å²) in [5.74, 6) is 1.15. The van der Waals surface area contributed by atoms with Crippen LogP contribution in [-0.2, 0) is 0 Å².